The third kappa shape index (κ3) is 1.66. The van der Waals surface area contributed by atoms with E-state index in [-0.39, 0.29) is 0 Å². The third-order valence-corrected chi connectivity index (χ3v) is 3.86. The Hall–Kier alpha value is -1.53. The molecule has 16 heavy (non-hydrogen) atoms. The summed E-state index contributed by atoms with van der Waals surface area (Å²) in [6.45, 7) is 1.79. The highest BCUT2D eigenvalue weighted by Crippen LogP contribution is 2.30. The second-order valence-electron chi connectivity index (χ2n) is 3.16. The quantitative estimate of drug-likeness (QED) is 0.699. The topological polar surface area (TPSA) is 51.8 Å². The van der Waals surface area contributed by atoms with Gasteiger partial charge in [0.1, 0.15) is 10.7 Å². The van der Waals surface area contributed by atoms with E-state index in [0.29, 0.717) is 11.7 Å². The van der Waals surface area contributed by atoms with Crippen LogP contribution in [0.5, 0.6) is 0 Å². The zero-order valence-corrected chi connectivity index (χ0v) is 10.0. The van der Waals surface area contributed by atoms with Crippen LogP contribution >= 0.6 is 22.7 Å². The summed E-state index contributed by atoms with van der Waals surface area (Å²) in [5.74, 6) is 1.11. The minimum absolute atomic E-state index is 0.483. The summed E-state index contributed by atoms with van der Waals surface area (Å²) in [5.41, 5.74) is 0.744. The third-order valence-electron chi connectivity index (χ3n) is 1.98. The fourth-order valence-electron chi connectivity index (χ4n) is 1.29. The average Bonchev–Trinajstić information content (AvgIpc) is 2.97. The lowest BCUT2D eigenvalue weighted by Crippen LogP contribution is -1.78. The molecule has 3 aromatic rings. The van der Waals surface area contributed by atoms with Crippen molar-refractivity contribution in [2.45, 2.75) is 6.92 Å². The minimum Gasteiger partial charge on any atom is -0.332 e. The van der Waals surface area contributed by atoms with Crippen molar-refractivity contribution < 1.29 is 4.52 Å². The molecule has 0 bridgehead atoms. The van der Waals surface area contributed by atoms with E-state index in [9.17, 15) is 0 Å². The maximum Gasteiger partial charge on any atom is 0.277 e. The van der Waals surface area contributed by atoms with Gasteiger partial charge in [0.2, 0.25) is 0 Å². The monoisotopic (exact) mass is 249 g/mol. The highest BCUT2D eigenvalue weighted by molar-refractivity contribution is 7.20. The Morgan fingerprint density at radius 3 is 2.88 bits per heavy atom. The van der Waals surface area contributed by atoms with Gasteiger partial charge in [0.15, 0.2) is 5.82 Å². The molecule has 0 aliphatic carbocycles. The largest absolute Gasteiger partial charge is 0.332 e. The molecule has 0 aliphatic heterocycles. The number of aryl methyl sites for hydroxylation is 1. The lowest BCUT2D eigenvalue weighted by Gasteiger charge is -1.86. The van der Waals surface area contributed by atoms with E-state index in [1.165, 1.54) is 0 Å². The molecule has 4 nitrogen and oxygen atoms in total. The van der Waals surface area contributed by atoms with Crippen molar-refractivity contribution in [2.75, 3.05) is 0 Å². The summed E-state index contributed by atoms with van der Waals surface area (Å²) in [6, 6.07) is 4.06. The molecule has 6 heteroatoms. The summed E-state index contributed by atoms with van der Waals surface area (Å²) in [5, 5.41) is 8.70. The number of hydrogen-bond acceptors (Lipinski definition) is 6. The molecular weight excluding hydrogens is 242 g/mol. The van der Waals surface area contributed by atoms with Gasteiger partial charge in [-0.2, -0.15) is 4.98 Å². The van der Waals surface area contributed by atoms with Crippen LogP contribution in [0.25, 0.3) is 21.5 Å². The lowest BCUT2D eigenvalue weighted by molar-refractivity contribution is 0.424. The van der Waals surface area contributed by atoms with Gasteiger partial charge in [-0.05, 0) is 18.4 Å². The fourth-order valence-corrected chi connectivity index (χ4v) is 2.89. The maximum atomic E-state index is 5.07. The number of nitrogens with zero attached hydrogens (tertiary/aromatic N) is 3. The van der Waals surface area contributed by atoms with Gasteiger partial charge in [-0.15, -0.1) is 22.7 Å². The van der Waals surface area contributed by atoms with Gasteiger partial charge in [0, 0.05) is 5.38 Å². The normalized spacial score (nSPS) is 10.8. The van der Waals surface area contributed by atoms with E-state index >= 15 is 0 Å². The number of hydrogen-bond donors (Lipinski definition) is 0. The van der Waals surface area contributed by atoms with E-state index in [0.717, 1.165) is 15.6 Å². The molecule has 0 saturated heterocycles. The van der Waals surface area contributed by atoms with Crippen LogP contribution in [0.4, 0.5) is 0 Å². The molecule has 0 unspecified atom stereocenters. The van der Waals surface area contributed by atoms with Crippen LogP contribution in [0.3, 0.4) is 0 Å². The van der Waals surface area contributed by atoms with Crippen molar-refractivity contribution in [1.82, 2.24) is 15.1 Å². The molecule has 0 radical (unpaired) electrons. The van der Waals surface area contributed by atoms with Crippen LogP contribution in [-0.4, -0.2) is 15.1 Å². The first-order valence-electron chi connectivity index (χ1n) is 4.63. The second-order valence-corrected chi connectivity index (χ2v) is 4.97. The van der Waals surface area contributed by atoms with Crippen molar-refractivity contribution >= 4 is 22.7 Å². The molecule has 0 aromatic carbocycles. The second kappa shape index (κ2) is 3.80. The van der Waals surface area contributed by atoms with Gasteiger partial charge in [0.05, 0.1) is 4.88 Å². The first kappa shape index (κ1) is 9.68. The summed E-state index contributed by atoms with van der Waals surface area (Å²) in [6.07, 6.45) is 0. The Bertz CT molecular complexity index is 597. The van der Waals surface area contributed by atoms with Gasteiger partial charge in [0.25, 0.3) is 5.89 Å². The first-order chi connectivity index (χ1) is 7.83. The van der Waals surface area contributed by atoms with E-state index in [2.05, 4.69) is 15.1 Å². The molecule has 0 fully saturated rings. The van der Waals surface area contributed by atoms with Crippen molar-refractivity contribution in [2.24, 2.45) is 0 Å². The number of aromatic nitrogens is 3. The fraction of sp³-hybridized carbons (Fsp3) is 0.100. The van der Waals surface area contributed by atoms with E-state index in [1.54, 1.807) is 29.6 Å². The summed E-state index contributed by atoms with van der Waals surface area (Å²) in [4.78, 5) is 9.77. The predicted molar refractivity (Wildman–Crippen MR) is 63.5 cm³/mol. The molecule has 80 valence electrons. The van der Waals surface area contributed by atoms with Crippen LogP contribution in [0, 0.1) is 6.92 Å². The zero-order valence-electron chi connectivity index (χ0n) is 8.38. The summed E-state index contributed by atoms with van der Waals surface area (Å²) < 4.78 is 5.07. The van der Waals surface area contributed by atoms with Crippen molar-refractivity contribution in [3.05, 3.63) is 28.7 Å². The van der Waals surface area contributed by atoms with Crippen molar-refractivity contribution in [3.8, 4) is 21.5 Å². The molecule has 3 aromatic heterocycles. The van der Waals surface area contributed by atoms with Crippen molar-refractivity contribution in [3.63, 3.8) is 0 Å². The van der Waals surface area contributed by atoms with Gasteiger partial charge < -0.3 is 4.52 Å². The van der Waals surface area contributed by atoms with Gasteiger partial charge >= 0.3 is 0 Å². The molecule has 0 N–H and O–H groups in total. The number of thiazole rings is 1. The smallest absolute Gasteiger partial charge is 0.277 e. The standard InChI is InChI=1S/C10H7N3OS2/c1-6-11-9(14-13-6)7-5-16-10(12-7)8-3-2-4-15-8/h2-5H,1H3. The molecule has 0 spiro atoms. The Kier molecular flexibility index (Phi) is 2.30. The van der Waals surface area contributed by atoms with E-state index in [1.807, 2.05) is 22.9 Å². The van der Waals surface area contributed by atoms with Crippen LogP contribution in [-0.2, 0) is 0 Å². The highest BCUT2D eigenvalue weighted by Gasteiger charge is 2.12. The zero-order chi connectivity index (χ0) is 11.0. The van der Waals surface area contributed by atoms with Crippen LogP contribution in [0.1, 0.15) is 5.82 Å². The Labute approximate surface area is 99.6 Å². The SMILES string of the molecule is Cc1noc(-c2csc(-c3cccs3)n2)n1. The average molecular weight is 249 g/mol. The first-order valence-corrected chi connectivity index (χ1v) is 6.39. The van der Waals surface area contributed by atoms with Crippen LogP contribution in [0.2, 0.25) is 0 Å². The van der Waals surface area contributed by atoms with Gasteiger partial charge in [-0.25, -0.2) is 4.98 Å². The highest BCUT2D eigenvalue weighted by atomic mass is 32.1. The molecule has 3 rings (SSSR count). The molecular formula is C10H7N3OS2. The molecule has 0 atom stereocenters. The van der Waals surface area contributed by atoms with E-state index < -0.39 is 0 Å². The van der Waals surface area contributed by atoms with Crippen LogP contribution < -0.4 is 0 Å². The predicted octanol–water partition coefficient (Wildman–Crippen LogP) is 3.23. The van der Waals surface area contributed by atoms with Crippen molar-refractivity contribution in [1.29, 1.82) is 0 Å². The number of thiophene rings is 1. The van der Waals surface area contributed by atoms with Crippen LogP contribution in [0.15, 0.2) is 27.4 Å². The molecule has 0 aliphatic rings. The minimum atomic E-state index is 0.483. The number of rotatable bonds is 2. The Morgan fingerprint density at radius 2 is 2.19 bits per heavy atom. The molecule has 3 heterocycles. The van der Waals surface area contributed by atoms with E-state index in [4.69, 9.17) is 4.52 Å². The maximum absolute atomic E-state index is 5.07. The summed E-state index contributed by atoms with van der Waals surface area (Å²) >= 11 is 3.25. The Balaban J connectivity index is 2.00. The molecule has 0 amide bonds. The summed E-state index contributed by atoms with van der Waals surface area (Å²) in [7, 11) is 0. The Morgan fingerprint density at radius 1 is 1.25 bits per heavy atom. The lowest BCUT2D eigenvalue weighted by atomic mass is 10.4. The van der Waals surface area contributed by atoms with Gasteiger partial charge in [-0.1, -0.05) is 11.2 Å². The molecule has 0 saturated carbocycles. The van der Waals surface area contributed by atoms with Gasteiger partial charge in [-0.3, -0.25) is 0 Å².